The number of ether oxygens (including phenoxy) is 2. The Morgan fingerprint density at radius 3 is 2.92 bits per heavy atom. The number of aromatic nitrogens is 3. The lowest BCUT2D eigenvalue weighted by molar-refractivity contribution is -0.644. The Kier molecular flexibility index (Phi) is 4.82. The van der Waals surface area contributed by atoms with Crippen LogP contribution in [-0.4, -0.2) is 29.6 Å². The second-order valence-electron chi connectivity index (χ2n) is 6.59. The molecular formula is C17H20IN3O3. The third-order valence-corrected chi connectivity index (χ3v) is 5.33. The van der Waals surface area contributed by atoms with E-state index in [-0.39, 0.29) is 6.29 Å². The van der Waals surface area contributed by atoms with Crippen LogP contribution in [0.15, 0.2) is 12.1 Å². The van der Waals surface area contributed by atoms with Gasteiger partial charge in [-0.05, 0) is 66.5 Å². The largest absolute Gasteiger partial charge is 0.594 e. The van der Waals surface area contributed by atoms with E-state index in [4.69, 9.17) is 9.47 Å². The highest BCUT2D eigenvalue weighted by Gasteiger charge is 2.25. The highest BCUT2D eigenvalue weighted by atomic mass is 127. The summed E-state index contributed by atoms with van der Waals surface area (Å²) in [6.45, 7) is 1.56. The molecule has 6 nitrogen and oxygen atoms in total. The van der Waals surface area contributed by atoms with Crippen molar-refractivity contribution in [1.29, 1.82) is 0 Å². The first-order valence-corrected chi connectivity index (χ1v) is 9.59. The van der Waals surface area contributed by atoms with Crippen molar-refractivity contribution >= 4 is 33.6 Å². The molecule has 4 rings (SSSR count). The summed E-state index contributed by atoms with van der Waals surface area (Å²) in [7, 11) is 0. The predicted octanol–water partition coefficient (Wildman–Crippen LogP) is 2.52. The minimum absolute atomic E-state index is 0.0121. The molecule has 0 amide bonds. The van der Waals surface area contributed by atoms with Crippen LogP contribution >= 0.6 is 22.6 Å². The van der Waals surface area contributed by atoms with Crippen LogP contribution < -0.4 is 4.85 Å². The van der Waals surface area contributed by atoms with Crippen LogP contribution in [0, 0.1) is 15.0 Å². The molecule has 1 aliphatic heterocycles. The fourth-order valence-electron chi connectivity index (χ4n) is 3.64. The molecule has 2 unspecified atom stereocenters. The molecular weight excluding hydrogens is 421 g/mol. The Morgan fingerprint density at radius 1 is 1.29 bits per heavy atom. The van der Waals surface area contributed by atoms with Gasteiger partial charge in [0.15, 0.2) is 6.29 Å². The topological polar surface area (TPSA) is 71.2 Å². The monoisotopic (exact) mass is 441 g/mol. The van der Waals surface area contributed by atoms with Gasteiger partial charge in [-0.2, -0.15) is 0 Å². The van der Waals surface area contributed by atoms with E-state index in [0.717, 1.165) is 50.8 Å². The molecule has 24 heavy (non-hydrogen) atoms. The molecule has 7 heteroatoms. The lowest BCUT2D eigenvalue weighted by Crippen LogP contribution is -2.33. The zero-order valence-electron chi connectivity index (χ0n) is 13.4. The van der Waals surface area contributed by atoms with Crippen molar-refractivity contribution in [2.24, 2.45) is 5.92 Å². The molecule has 2 aliphatic rings. The summed E-state index contributed by atoms with van der Waals surface area (Å²) in [5.74, 6) is 0.563. The molecule has 1 aromatic heterocycles. The molecule has 0 spiro atoms. The van der Waals surface area contributed by atoms with Gasteiger partial charge in [-0.1, -0.05) is 0 Å². The van der Waals surface area contributed by atoms with E-state index in [1.54, 1.807) is 0 Å². The zero-order valence-corrected chi connectivity index (χ0v) is 15.6. The Labute approximate surface area is 154 Å². The van der Waals surface area contributed by atoms with Crippen LogP contribution in [0.2, 0.25) is 0 Å². The molecule has 0 radical (unpaired) electrons. The van der Waals surface area contributed by atoms with Crippen LogP contribution in [0.1, 0.15) is 36.8 Å². The summed E-state index contributed by atoms with van der Waals surface area (Å²) in [6, 6.07) is 4.01. The van der Waals surface area contributed by atoms with Gasteiger partial charge in [0.2, 0.25) is 0 Å². The summed E-state index contributed by atoms with van der Waals surface area (Å²) < 4.78 is 11.9. The normalized spacial score (nSPS) is 23.5. The quantitative estimate of drug-likeness (QED) is 0.415. The van der Waals surface area contributed by atoms with Crippen LogP contribution in [0.4, 0.5) is 0 Å². The first kappa shape index (κ1) is 16.4. The Bertz CT molecular complexity index is 749. The number of halogens is 1. The van der Waals surface area contributed by atoms with Crippen LogP contribution in [0.5, 0.6) is 0 Å². The third-order valence-electron chi connectivity index (χ3n) is 4.87. The smallest absolute Gasteiger partial charge is 0.270 e. The summed E-state index contributed by atoms with van der Waals surface area (Å²) in [5.41, 5.74) is 3.84. The van der Waals surface area contributed by atoms with E-state index >= 15 is 0 Å². The molecule has 128 valence electrons. The molecule has 2 atom stereocenters. The minimum atomic E-state index is -0.0121. The summed E-state index contributed by atoms with van der Waals surface area (Å²) in [4.78, 5) is 5.06. The van der Waals surface area contributed by atoms with Gasteiger partial charge in [0.05, 0.1) is 6.61 Å². The van der Waals surface area contributed by atoms with Crippen molar-refractivity contribution in [3.05, 3.63) is 32.3 Å². The lowest BCUT2D eigenvalue weighted by atomic mass is 10.0. The average Bonchev–Trinajstić information content (AvgIpc) is 2.96. The van der Waals surface area contributed by atoms with Crippen LogP contribution in [-0.2, 0) is 22.3 Å². The standard InChI is InChI=1S/C17H20IN3O3/c18-17-19-14-9-12-7-11(4-6-24-16-3-1-2-5-23-16)8-13(12)10-15(14)21(22)20-17/h9-11,16H,1-8H2. The van der Waals surface area contributed by atoms with Crippen molar-refractivity contribution in [2.45, 2.75) is 44.8 Å². The van der Waals surface area contributed by atoms with Gasteiger partial charge in [0, 0.05) is 40.4 Å². The van der Waals surface area contributed by atoms with Gasteiger partial charge < -0.3 is 14.7 Å². The number of hydrogen-bond donors (Lipinski definition) is 0. The number of rotatable bonds is 4. The summed E-state index contributed by atoms with van der Waals surface area (Å²) >= 11 is 1.97. The van der Waals surface area contributed by atoms with Gasteiger partial charge in [-0.15, -0.1) is 0 Å². The molecule has 0 saturated carbocycles. The van der Waals surface area contributed by atoms with Crippen molar-refractivity contribution in [1.82, 2.24) is 10.1 Å². The summed E-state index contributed by atoms with van der Waals surface area (Å²) in [6.07, 6.45) is 6.38. The fourth-order valence-corrected chi connectivity index (χ4v) is 4.10. The number of hydrogen-bond acceptors (Lipinski definition) is 5. The van der Waals surface area contributed by atoms with Crippen LogP contribution in [0.25, 0.3) is 11.0 Å². The van der Waals surface area contributed by atoms with Gasteiger partial charge >= 0.3 is 0 Å². The van der Waals surface area contributed by atoms with E-state index in [1.165, 1.54) is 17.5 Å². The van der Waals surface area contributed by atoms with Crippen molar-refractivity contribution < 1.29 is 14.3 Å². The van der Waals surface area contributed by atoms with E-state index in [1.807, 2.05) is 34.7 Å². The number of nitrogens with zero attached hydrogens (tertiary/aromatic N) is 3. The fraction of sp³-hybridized carbons (Fsp3) is 0.588. The zero-order chi connectivity index (χ0) is 16.5. The highest BCUT2D eigenvalue weighted by Crippen LogP contribution is 2.31. The van der Waals surface area contributed by atoms with Gasteiger partial charge in [0.1, 0.15) is 5.52 Å². The molecule has 1 aromatic carbocycles. The third kappa shape index (κ3) is 3.48. The number of fused-ring (bicyclic) bond motifs is 2. The molecule has 2 aromatic rings. The molecule has 1 aliphatic carbocycles. The van der Waals surface area contributed by atoms with Crippen LogP contribution in [0.3, 0.4) is 0 Å². The van der Waals surface area contributed by atoms with Crippen molar-refractivity contribution in [3.63, 3.8) is 0 Å². The molecule has 0 bridgehead atoms. The van der Waals surface area contributed by atoms with E-state index in [0.29, 0.717) is 20.1 Å². The van der Waals surface area contributed by atoms with Gasteiger partial charge in [-0.25, -0.2) is 4.98 Å². The molecule has 1 fully saturated rings. The summed E-state index contributed by atoms with van der Waals surface area (Å²) in [5, 5.41) is 15.8. The van der Waals surface area contributed by atoms with Crippen molar-refractivity contribution in [3.8, 4) is 0 Å². The number of benzene rings is 1. The first-order valence-electron chi connectivity index (χ1n) is 8.51. The van der Waals surface area contributed by atoms with Gasteiger partial charge in [-0.3, -0.25) is 0 Å². The Morgan fingerprint density at radius 2 is 2.12 bits per heavy atom. The highest BCUT2D eigenvalue weighted by molar-refractivity contribution is 14.1. The minimum Gasteiger partial charge on any atom is -0.594 e. The first-order chi connectivity index (χ1) is 11.7. The average molecular weight is 441 g/mol. The second-order valence-corrected chi connectivity index (χ2v) is 7.56. The van der Waals surface area contributed by atoms with E-state index in [9.17, 15) is 5.21 Å². The van der Waals surface area contributed by atoms with Crippen molar-refractivity contribution in [2.75, 3.05) is 13.2 Å². The molecule has 0 N–H and O–H groups in total. The Hall–Kier alpha value is -1.06. The van der Waals surface area contributed by atoms with Gasteiger partial charge in [0.25, 0.3) is 9.35 Å². The van der Waals surface area contributed by atoms with E-state index in [2.05, 4.69) is 10.1 Å². The predicted molar refractivity (Wildman–Crippen MR) is 96.3 cm³/mol. The maximum absolute atomic E-state index is 12.0. The maximum atomic E-state index is 12.0. The lowest BCUT2D eigenvalue weighted by Gasteiger charge is -2.23. The maximum Gasteiger partial charge on any atom is 0.270 e. The molecule has 1 saturated heterocycles. The Balaban J connectivity index is 1.40. The van der Waals surface area contributed by atoms with E-state index < -0.39 is 0 Å². The molecule has 2 heterocycles. The SMILES string of the molecule is [O-][n+]1nc(I)nc2cc3c(cc21)CC(CCOC1CCCCO1)C3. The second kappa shape index (κ2) is 7.05.